The fourth-order valence-corrected chi connectivity index (χ4v) is 2.89. The van der Waals surface area contributed by atoms with Crippen molar-refractivity contribution in [2.75, 3.05) is 13.2 Å². The van der Waals surface area contributed by atoms with Crippen LogP contribution in [0.2, 0.25) is 0 Å². The maximum atomic E-state index is 14.0. The Morgan fingerprint density at radius 3 is 2.25 bits per heavy atom. The quantitative estimate of drug-likeness (QED) is 0.787. The zero-order valence-corrected chi connectivity index (χ0v) is 13.1. The third-order valence-electron chi connectivity index (χ3n) is 4.15. The Morgan fingerprint density at radius 2 is 1.75 bits per heavy atom. The van der Waals surface area contributed by atoms with Crippen molar-refractivity contribution in [2.24, 2.45) is 0 Å². The Bertz CT molecular complexity index is 721. The van der Waals surface area contributed by atoms with Gasteiger partial charge < -0.3 is 9.30 Å². The largest absolute Gasteiger partial charge is 0.459 e. The van der Waals surface area contributed by atoms with E-state index in [0.717, 1.165) is 10.7 Å². The van der Waals surface area contributed by atoms with Gasteiger partial charge in [-0.15, -0.1) is 0 Å². The molecule has 3 rings (SSSR count). The first-order chi connectivity index (χ1) is 11.1. The van der Waals surface area contributed by atoms with E-state index in [1.165, 1.54) is 0 Å². The van der Waals surface area contributed by atoms with E-state index in [1.807, 2.05) is 0 Å². The van der Waals surface area contributed by atoms with Crippen LogP contribution in [-0.2, 0) is 10.7 Å². The second-order valence-electron chi connectivity index (χ2n) is 5.87. The number of hydrogen-bond donors (Lipinski definition) is 0. The summed E-state index contributed by atoms with van der Waals surface area (Å²) in [6.07, 6.45) is -5.35. The SMILES string of the molecule is Cc1ccc(C)n1-c1cc(C(F)(F)C(F)(F)F)n([C@@H]2CCOC2)n1. The monoisotopic (exact) mass is 349 g/mol. The highest BCUT2D eigenvalue weighted by Crippen LogP contribution is 2.45. The van der Waals surface area contributed by atoms with Gasteiger partial charge in [-0.3, -0.25) is 4.68 Å². The van der Waals surface area contributed by atoms with Crippen molar-refractivity contribution in [3.63, 3.8) is 0 Å². The smallest absolute Gasteiger partial charge is 0.379 e. The minimum Gasteiger partial charge on any atom is -0.379 e. The van der Waals surface area contributed by atoms with E-state index >= 15 is 0 Å². The van der Waals surface area contributed by atoms with Gasteiger partial charge in [-0.25, -0.2) is 0 Å². The normalized spacial score (nSPS) is 19.2. The summed E-state index contributed by atoms with van der Waals surface area (Å²) in [5, 5.41) is 4.06. The van der Waals surface area contributed by atoms with Crippen LogP contribution in [0, 0.1) is 13.8 Å². The number of alkyl halides is 5. The Kier molecular flexibility index (Phi) is 3.94. The molecule has 0 bridgehead atoms. The molecule has 0 aromatic carbocycles. The minimum absolute atomic E-state index is 0.0424. The lowest BCUT2D eigenvalue weighted by Gasteiger charge is -2.22. The van der Waals surface area contributed by atoms with Gasteiger partial charge in [0.15, 0.2) is 5.82 Å². The van der Waals surface area contributed by atoms with Crippen molar-refractivity contribution in [3.05, 3.63) is 35.3 Å². The molecular weight excluding hydrogens is 333 g/mol. The van der Waals surface area contributed by atoms with Gasteiger partial charge in [0.1, 0.15) is 5.69 Å². The zero-order chi connectivity index (χ0) is 17.7. The highest BCUT2D eigenvalue weighted by molar-refractivity contribution is 5.34. The van der Waals surface area contributed by atoms with Gasteiger partial charge in [-0.05, 0) is 32.4 Å². The molecule has 0 aliphatic carbocycles. The van der Waals surface area contributed by atoms with Crippen LogP contribution in [0.5, 0.6) is 0 Å². The molecule has 0 saturated carbocycles. The molecule has 1 fully saturated rings. The predicted octanol–water partition coefficient (Wildman–Crippen LogP) is 3.91. The second-order valence-corrected chi connectivity index (χ2v) is 5.87. The van der Waals surface area contributed by atoms with Gasteiger partial charge in [0, 0.05) is 24.1 Å². The van der Waals surface area contributed by atoms with E-state index in [0.29, 0.717) is 24.4 Å². The van der Waals surface area contributed by atoms with E-state index in [2.05, 4.69) is 5.10 Å². The molecule has 0 radical (unpaired) electrons. The third kappa shape index (κ3) is 2.60. The summed E-state index contributed by atoms with van der Waals surface area (Å²) in [7, 11) is 0. The zero-order valence-electron chi connectivity index (χ0n) is 13.1. The van der Waals surface area contributed by atoms with Gasteiger partial charge >= 0.3 is 12.1 Å². The first-order valence-electron chi connectivity index (χ1n) is 7.40. The minimum atomic E-state index is -5.69. The second kappa shape index (κ2) is 5.58. The molecule has 0 amide bonds. The summed E-state index contributed by atoms with van der Waals surface area (Å²) in [4.78, 5) is 0. The number of halogens is 5. The van der Waals surface area contributed by atoms with Crippen LogP contribution in [0.1, 0.15) is 29.5 Å². The standard InChI is InChI=1S/C15H16F5N3O/c1-9-3-4-10(2)22(9)13-7-12(14(16,17)15(18,19)20)23(21-13)11-5-6-24-8-11/h3-4,7,11H,5-6,8H2,1-2H3/t11-/m1/s1. The topological polar surface area (TPSA) is 32.0 Å². The van der Waals surface area contributed by atoms with Crippen molar-refractivity contribution in [1.29, 1.82) is 0 Å². The summed E-state index contributed by atoms with van der Waals surface area (Å²) >= 11 is 0. The maximum absolute atomic E-state index is 14.0. The Balaban J connectivity index is 2.17. The van der Waals surface area contributed by atoms with E-state index < -0.39 is 23.8 Å². The third-order valence-corrected chi connectivity index (χ3v) is 4.15. The van der Waals surface area contributed by atoms with Crippen LogP contribution in [0.3, 0.4) is 0 Å². The molecule has 1 aliphatic heterocycles. The molecule has 24 heavy (non-hydrogen) atoms. The van der Waals surface area contributed by atoms with Gasteiger partial charge in [0.2, 0.25) is 0 Å². The van der Waals surface area contributed by atoms with Gasteiger partial charge in [0.25, 0.3) is 0 Å². The van der Waals surface area contributed by atoms with Gasteiger partial charge in [0.05, 0.1) is 12.6 Å². The van der Waals surface area contributed by atoms with E-state index in [4.69, 9.17) is 4.74 Å². The van der Waals surface area contributed by atoms with Crippen molar-refractivity contribution >= 4 is 0 Å². The average Bonchev–Trinajstić information content (AvgIpc) is 3.17. The van der Waals surface area contributed by atoms with E-state index in [1.54, 1.807) is 30.5 Å². The molecule has 132 valence electrons. The summed E-state index contributed by atoms with van der Waals surface area (Å²) in [6, 6.07) is 3.66. The van der Waals surface area contributed by atoms with Gasteiger partial charge in [-0.1, -0.05) is 0 Å². The lowest BCUT2D eigenvalue weighted by Crippen LogP contribution is -2.36. The highest BCUT2D eigenvalue weighted by atomic mass is 19.4. The number of aromatic nitrogens is 3. The number of nitrogens with zero attached hydrogens (tertiary/aromatic N) is 3. The summed E-state index contributed by atoms with van der Waals surface area (Å²) in [5.74, 6) is -4.95. The summed E-state index contributed by atoms with van der Waals surface area (Å²) < 4.78 is 74.0. The molecule has 1 saturated heterocycles. The maximum Gasteiger partial charge on any atom is 0.459 e. The van der Waals surface area contributed by atoms with Crippen molar-refractivity contribution in [2.45, 2.75) is 38.4 Å². The molecule has 0 N–H and O–H groups in total. The molecule has 4 nitrogen and oxygen atoms in total. The first kappa shape index (κ1) is 16.9. The summed E-state index contributed by atoms with van der Waals surface area (Å²) in [5.41, 5.74) is 0.233. The highest BCUT2D eigenvalue weighted by Gasteiger charge is 2.61. The first-order valence-corrected chi connectivity index (χ1v) is 7.40. The van der Waals surface area contributed by atoms with Crippen molar-refractivity contribution in [3.8, 4) is 5.82 Å². The number of hydrogen-bond acceptors (Lipinski definition) is 2. The average molecular weight is 349 g/mol. The predicted molar refractivity (Wildman–Crippen MR) is 75.5 cm³/mol. The number of rotatable bonds is 3. The van der Waals surface area contributed by atoms with Crippen LogP contribution in [0.15, 0.2) is 18.2 Å². The number of ether oxygens (including phenoxy) is 1. The molecule has 1 atom stereocenters. The van der Waals surface area contributed by atoms with Gasteiger partial charge in [-0.2, -0.15) is 27.1 Å². The fraction of sp³-hybridized carbons (Fsp3) is 0.533. The Morgan fingerprint density at radius 1 is 1.12 bits per heavy atom. The Labute approximate surface area is 134 Å². The van der Waals surface area contributed by atoms with Crippen molar-refractivity contribution < 1.29 is 26.7 Å². The molecule has 1 aliphatic rings. The molecule has 3 heterocycles. The molecule has 2 aromatic heterocycles. The fourth-order valence-electron chi connectivity index (χ4n) is 2.89. The van der Waals surface area contributed by atoms with Crippen LogP contribution >= 0.6 is 0 Å². The van der Waals surface area contributed by atoms with Crippen LogP contribution in [0.25, 0.3) is 5.82 Å². The molecule has 0 unspecified atom stereocenters. The lowest BCUT2D eigenvalue weighted by atomic mass is 10.2. The number of aryl methyl sites for hydroxylation is 2. The lowest BCUT2D eigenvalue weighted by molar-refractivity contribution is -0.292. The van der Waals surface area contributed by atoms with Crippen LogP contribution < -0.4 is 0 Å². The Hall–Kier alpha value is -1.90. The summed E-state index contributed by atoms with van der Waals surface area (Å²) in [6.45, 7) is 3.82. The van der Waals surface area contributed by atoms with E-state index in [-0.39, 0.29) is 12.4 Å². The van der Waals surface area contributed by atoms with Crippen molar-refractivity contribution in [1.82, 2.24) is 14.3 Å². The van der Waals surface area contributed by atoms with Crippen LogP contribution in [-0.4, -0.2) is 33.7 Å². The molecular formula is C15H16F5N3O. The molecule has 2 aromatic rings. The van der Waals surface area contributed by atoms with E-state index in [9.17, 15) is 22.0 Å². The molecule has 0 spiro atoms. The molecule has 9 heteroatoms. The van der Waals surface area contributed by atoms with Crippen LogP contribution in [0.4, 0.5) is 22.0 Å².